The highest BCUT2D eigenvalue weighted by Crippen LogP contribution is 2.29. The molecule has 0 fully saturated rings. The SMILES string of the molecule is CC(C)c1ccc(Br)cc1C(O)C(C)N. The Morgan fingerprint density at radius 3 is 2.27 bits per heavy atom. The van der Waals surface area contributed by atoms with Gasteiger partial charge in [-0.25, -0.2) is 0 Å². The first-order chi connectivity index (χ1) is 6.93. The van der Waals surface area contributed by atoms with Crippen LogP contribution in [0.3, 0.4) is 0 Å². The highest BCUT2D eigenvalue weighted by Gasteiger charge is 2.18. The molecule has 0 amide bonds. The molecule has 3 heteroatoms. The van der Waals surface area contributed by atoms with Crippen molar-refractivity contribution in [2.24, 2.45) is 5.73 Å². The summed E-state index contributed by atoms with van der Waals surface area (Å²) in [6, 6.07) is 5.72. The second kappa shape index (κ2) is 5.10. The molecular weight excluding hydrogens is 254 g/mol. The summed E-state index contributed by atoms with van der Waals surface area (Å²) < 4.78 is 0.974. The van der Waals surface area contributed by atoms with Crippen LogP contribution in [-0.4, -0.2) is 11.1 Å². The molecule has 2 atom stereocenters. The van der Waals surface area contributed by atoms with E-state index in [0.29, 0.717) is 5.92 Å². The fraction of sp³-hybridized carbons (Fsp3) is 0.500. The van der Waals surface area contributed by atoms with Gasteiger partial charge >= 0.3 is 0 Å². The molecule has 0 saturated carbocycles. The number of hydrogen-bond acceptors (Lipinski definition) is 2. The summed E-state index contributed by atoms with van der Waals surface area (Å²) in [7, 11) is 0. The Bertz CT molecular complexity index is 336. The van der Waals surface area contributed by atoms with E-state index in [9.17, 15) is 5.11 Å². The minimum atomic E-state index is -0.597. The zero-order valence-electron chi connectivity index (χ0n) is 9.37. The minimum absolute atomic E-state index is 0.253. The van der Waals surface area contributed by atoms with Crippen LogP contribution in [0.25, 0.3) is 0 Å². The predicted molar refractivity (Wildman–Crippen MR) is 66.8 cm³/mol. The Labute approximate surface area is 99.6 Å². The number of rotatable bonds is 3. The maximum absolute atomic E-state index is 10.0. The second-order valence-corrected chi connectivity index (χ2v) is 5.15. The molecule has 0 bridgehead atoms. The van der Waals surface area contributed by atoms with E-state index in [-0.39, 0.29) is 6.04 Å². The molecule has 15 heavy (non-hydrogen) atoms. The molecule has 0 spiro atoms. The van der Waals surface area contributed by atoms with Crippen molar-refractivity contribution >= 4 is 15.9 Å². The summed E-state index contributed by atoms with van der Waals surface area (Å²) in [5, 5.41) is 10.0. The first kappa shape index (κ1) is 12.7. The van der Waals surface area contributed by atoms with Crippen molar-refractivity contribution in [3.05, 3.63) is 33.8 Å². The predicted octanol–water partition coefficient (Wildman–Crippen LogP) is 2.95. The van der Waals surface area contributed by atoms with Gasteiger partial charge in [-0.05, 0) is 36.1 Å². The molecule has 1 aromatic carbocycles. The standard InChI is InChI=1S/C12H18BrNO/c1-7(2)10-5-4-9(13)6-11(10)12(15)8(3)14/h4-8,12,15H,14H2,1-3H3. The Morgan fingerprint density at radius 2 is 1.80 bits per heavy atom. The van der Waals surface area contributed by atoms with Crippen LogP contribution in [0.5, 0.6) is 0 Å². The smallest absolute Gasteiger partial charge is 0.0941 e. The Kier molecular flexibility index (Phi) is 4.32. The van der Waals surface area contributed by atoms with E-state index in [1.54, 1.807) is 0 Å². The van der Waals surface area contributed by atoms with Crippen LogP contribution in [-0.2, 0) is 0 Å². The van der Waals surface area contributed by atoms with Crippen LogP contribution in [0.2, 0.25) is 0 Å². The summed E-state index contributed by atoms with van der Waals surface area (Å²) in [6.07, 6.45) is -0.597. The van der Waals surface area contributed by atoms with Gasteiger partial charge in [0.1, 0.15) is 0 Å². The Morgan fingerprint density at radius 1 is 1.20 bits per heavy atom. The summed E-state index contributed by atoms with van der Waals surface area (Å²) in [5.41, 5.74) is 7.80. The van der Waals surface area contributed by atoms with Crippen LogP contribution >= 0.6 is 15.9 Å². The summed E-state index contributed by atoms with van der Waals surface area (Å²) in [4.78, 5) is 0. The molecule has 3 N–H and O–H groups in total. The van der Waals surface area contributed by atoms with Gasteiger partial charge in [-0.2, -0.15) is 0 Å². The average Bonchev–Trinajstić information content (AvgIpc) is 2.15. The first-order valence-corrected chi connectivity index (χ1v) is 5.95. The van der Waals surface area contributed by atoms with E-state index in [2.05, 4.69) is 29.8 Å². The van der Waals surface area contributed by atoms with E-state index < -0.39 is 6.10 Å². The molecule has 2 unspecified atom stereocenters. The molecule has 0 heterocycles. The monoisotopic (exact) mass is 271 g/mol. The minimum Gasteiger partial charge on any atom is -0.387 e. The number of halogens is 1. The number of aliphatic hydroxyl groups excluding tert-OH is 1. The third-order valence-electron chi connectivity index (χ3n) is 2.49. The second-order valence-electron chi connectivity index (χ2n) is 4.23. The van der Waals surface area contributed by atoms with E-state index in [4.69, 9.17) is 5.73 Å². The third kappa shape index (κ3) is 3.03. The number of benzene rings is 1. The van der Waals surface area contributed by atoms with Crippen LogP contribution in [0.4, 0.5) is 0 Å². The first-order valence-electron chi connectivity index (χ1n) is 5.16. The van der Waals surface area contributed by atoms with Gasteiger partial charge in [0, 0.05) is 10.5 Å². The maximum Gasteiger partial charge on any atom is 0.0941 e. The summed E-state index contributed by atoms with van der Waals surface area (Å²) in [6.45, 7) is 6.04. The van der Waals surface area contributed by atoms with Crippen molar-refractivity contribution in [2.75, 3.05) is 0 Å². The van der Waals surface area contributed by atoms with Crippen LogP contribution in [0, 0.1) is 0 Å². The quantitative estimate of drug-likeness (QED) is 0.888. The molecule has 84 valence electrons. The maximum atomic E-state index is 10.0. The summed E-state index contributed by atoms with van der Waals surface area (Å²) in [5.74, 6) is 0.390. The molecular formula is C12H18BrNO. The van der Waals surface area contributed by atoms with Crippen molar-refractivity contribution in [2.45, 2.75) is 38.8 Å². The van der Waals surface area contributed by atoms with E-state index in [1.807, 2.05) is 25.1 Å². The molecule has 0 radical (unpaired) electrons. The molecule has 2 nitrogen and oxygen atoms in total. The number of aliphatic hydroxyl groups is 1. The van der Waals surface area contributed by atoms with Crippen molar-refractivity contribution in [1.29, 1.82) is 0 Å². The molecule has 0 aliphatic rings. The lowest BCUT2D eigenvalue weighted by molar-refractivity contribution is 0.152. The fourth-order valence-corrected chi connectivity index (χ4v) is 1.99. The topological polar surface area (TPSA) is 46.2 Å². The highest BCUT2D eigenvalue weighted by molar-refractivity contribution is 9.10. The van der Waals surface area contributed by atoms with Gasteiger partial charge in [0.25, 0.3) is 0 Å². The third-order valence-corrected chi connectivity index (χ3v) is 2.98. The highest BCUT2D eigenvalue weighted by atomic mass is 79.9. The number of hydrogen-bond donors (Lipinski definition) is 2. The van der Waals surface area contributed by atoms with Crippen molar-refractivity contribution < 1.29 is 5.11 Å². The van der Waals surface area contributed by atoms with Crippen molar-refractivity contribution in [3.8, 4) is 0 Å². The molecule has 1 aromatic rings. The van der Waals surface area contributed by atoms with Crippen molar-refractivity contribution in [3.63, 3.8) is 0 Å². The van der Waals surface area contributed by atoms with E-state index in [0.717, 1.165) is 15.6 Å². The van der Waals surface area contributed by atoms with Gasteiger partial charge in [-0.15, -0.1) is 0 Å². The van der Waals surface area contributed by atoms with E-state index in [1.165, 1.54) is 0 Å². The molecule has 1 rings (SSSR count). The Balaban J connectivity index is 3.18. The van der Waals surface area contributed by atoms with Gasteiger partial charge in [0.15, 0.2) is 0 Å². The molecule has 0 aliphatic carbocycles. The van der Waals surface area contributed by atoms with Crippen LogP contribution in [0.15, 0.2) is 22.7 Å². The zero-order valence-corrected chi connectivity index (χ0v) is 11.0. The van der Waals surface area contributed by atoms with Gasteiger partial charge in [0.2, 0.25) is 0 Å². The average molecular weight is 272 g/mol. The Hall–Kier alpha value is -0.380. The number of nitrogens with two attached hydrogens (primary N) is 1. The molecule has 0 aromatic heterocycles. The van der Waals surface area contributed by atoms with Crippen molar-refractivity contribution in [1.82, 2.24) is 0 Å². The van der Waals surface area contributed by atoms with Gasteiger partial charge in [-0.1, -0.05) is 35.8 Å². The zero-order chi connectivity index (χ0) is 11.6. The van der Waals surface area contributed by atoms with E-state index >= 15 is 0 Å². The lowest BCUT2D eigenvalue weighted by Crippen LogP contribution is -2.25. The van der Waals surface area contributed by atoms with Gasteiger partial charge in [-0.3, -0.25) is 0 Å². The van der Waals surface area contributed by atoms with Gasteiger partial charge < -0.3 is 10.8 Å². The molecule has 0 aliphatic heterocycles. The normalized spacial score (nSPS) is 15.4. The molecule has 0 saturated heterocycles. The fourth-order valence-electron chi connectivity index (χ4n) is 1.61. The van der Waals surface area contributed by atoms with Crippen LogP contribution in [0.1, 0.15) is 43.9 Å². The largest absolute Gasteiger partial charge is 0.387 e. The van der Waals surface area contributed by atoms with Crippen LogP contribution < -0.4 is 5.73 Å². The lowest BCUT2D eigenvalue weighted by Gasteiger charge is -2.20. The summed E-state index contributed by atoms with van der Waals surface area (Å²) >= 11 is 3.41. The van der Waals surface area contributed by atoms with Gasteiger partial charge in [0.05, 0.1) is 6.10 Å². The lowest BCUT2D eigenvalue weighted by atomic mass is 9.92.